The molecular weight excluding hydrogens is 306 g/mol. The minimum atomic E-state index is -0.389. The van der Waals surface area contributed by atoms with E-state index in [0.29, 0.717) is 23.0 Å². The first kappa shape index (κ1) is 14.3. The first-order chi connectivity index (χ1) is 11.8. The lowest BCUT2D eigenvalue weighted by atomic mass is 10.2. The standard InChI is InChI=1S/C19H13NO4/c21-19-9-7-14-6-8-15(10-16(14)24-19)22-12-18-20-11-17(23-18)13-4-2-1-3-5-13/h1-11H,12H2. The number of rotatable bonds is 4. The summed E-state index contributed by atoms with van der Waals surface area (Å²) in [4.78, 5) is 15.5. The lowest BCUT2D eigenvalue weighted by molar-refractivity contribution is 0.264. The maximum absolute atomic E-state index is 11.3. The lowest BCUT2D eigenvalue weighted by Gasteiger charge is -2.04. The van der Waals surface area contributed by atoms with Crippen molar-refractivity contribution in [2.75, 3.05) is 0 Å². The van der Waals surface area contributed by atoms with E-state index < -0.39 is 0 Å². The molecule has 2 aromatic heterocycles. The Hall–Kier alpha value is -3.34. The summed E-state index contributed by atoms with van der Waals surface area (Å²) in [6.45, 7) is 0.190. The first-order valence-electron chi connectivity index (χ1n) is 7.45. The van der Waals surface area contributed by atoms with Gasteiger partial charge in [-0.2, -0.15) is 0 Å². The van der Waals surface area contributed by atoms with Crippen LogP contribution in [0.5, 0.6) is 5.75 Å². The van der Waals surface area contributed by atoms with Crippen molar-refractivity contribution >= 4 is 11.0 Å². The van der Waals surface area contributed by atoms with Crippen LogP contribution in [-0.4, -0.2) is 4.98 Å². The lowest BCUT2D eigenvalue weighted by Crippen LogP contribution is -1.97. The molecule has 5 nitrogen and oxygen atoms in total. The maximum atomic E-state index is 11.3. The molecule has 0 fully saturated rings. The van der Waals surface area contributed by atoms with Crippen molar-refractivity contribution in [2.45, 2.75) is 6.61 Å². The first-order valence-corrected chi connectivity index (χ1v) is 7.45. The summed E-state index contributed by atoms with van der Waals surface area (Å²) < 4.78 is 16.5. The van der Waals surface area contributed by atoms with Crippen LogP contribution in [0.4, 0.5) is 0 Å². The van der Waals surface area contributed by atoms with Crippen molar-refractivity contribution in [3.8, 4) is 17.1 Å². The van der Waals surface area contributed by atoms with Crippen LogP contribution in [0.25, 0.3) is 22.3 Å². The molecule has 0 unspecified atom stereocenters. The fourth-order valence-electron chi connectivity index (χ4n) is 2.39. The van der Waals surface area contributed by atoms with Crippen molar-refractivity contribution in [1.29, 1.82) is 0 Å². The van der Waals surface area contributed by atoms with Crippen LogP contribution < -0.4 is 10.4 Å². The highest BCUT2D eigenvalue weighted by molar-refractivity contribution is 5.77. The third-order valence-electron chi connectivity index (χ3n) is 3.57. The van der Waals surface area contributed by atoms with Crippen molar-refractivity contribution in [3.05, 3.63) is 83.2 Å². The highest BCUT2D eigenvalue weighted by Gasteiger charge is 2.07. The van der Waals surface area contributed by atoms with E-state index >= 15 is 0 Å². The molecule has 4 aromatic rings. The van der Waals surface area contributed by atoms with Crippen LogP contribution in [0.2, 0.25) is 0 Å². The SMILES string of the molecule is O=c1ccc2ccc(OCc3ncc(-c4ccccc4)o3)cc2o1. The fourth-order valence-corrected chi connectivity index (χ4v) is 2.39. The Morgan fingerprint density at radius 2 is 1.79 bits per heavy atom. The molecule has 0 amide bonds. The van der Waals surface area contributed by atoms with Gasteiger partial charge < -0.3 is 13.6 Å². The van der Waals surface area contributed by atoms with Crippen LogP contribution >= 0.6 is 0 Å². The van der Waals surface area contributed by atoms with E-state index in [1.807, 2.05) is 42.5 Å². The minimum absolute atomic E-state index is 0.190. The van der Waals surface area contributed by atoms with Crippen molar-refractivity contribution in [2.24, 2.45) is 0 Å². The van der Waals surface area contributed by atoms with Gasteiger partial charge in [0.05, 0.1) is 6.20 Å². The van der Waals surface area contributed by atoms with Crippen LogP contribution in [-0.2, 0) is 6.61 Å². The second kappa shape index (κ2) is 6.04. The number of nitrogens with zero attached hydrogens (tertiary/aromatic N) is 1. The van der Waals surface area contributed by atoms with E-state index in [1.54, 1.807) is 18.3 Å². The Bertz CT molecular complexity index is 1030. The molecule has 0 bridgehead atoms. The van der Waals surface area contributed by atoms with E-state index in [1.165, 1.54) is 6.07 Å². The number of hydrogen-bond acceptors (Lipinski definition) is 5. The zero-order valence-electron chi connectivity index (χ0n) is 12.6. The average molecular weight is 319 g/mol. The Labute approximate surface area is 137 Å². The van der Waals surface area contributed by atoms with Crippen LogP contribution in [0.3, 0.4) is 0 Å². The molecule has 0 spiro atoms. The number of oxazole rings is 1. The highest BCUT2D eigenvalue weighted by Crippen LogP contribution is 2.22. The van der Waals surface area contributed by atoms with E-state index in [9.17, 15) is 4.79 Å². The molecule has 0 aliphatic heterocycles. The molecule has 0 atom stereocenters. The van der Waals surface area contributed by atoms with Gasteiger partial charge in [-0.25, -0.2) is 9.78 Å². The summed E-state index contributed by atoms with van der Waals surface area (Å²) in [7, 11) is 0. The van der Waals surface area contributed by atoms with Gasteiger partial charge in [0.2, 0.25) is 5.89 Å². The van der Waals surface area contributed by atoms with Crippen molar-refractivity contribution < 1.29 is 13.6 Å². The molecule has 0 aliphatic carbocycles. The molecule has 2 heterocycles. The highest BCUT2D eigenvalue weighted by atomic mass is 16.5. The summed E-state index contributed by atoms with van der Waals surface area (Å²) in [6, 6.07) is 18.2. The van der Waals surface area contributed by atoms with Gasteiger partial charge in [0, 0.05) is 23.1 Å². The van der Waals surface area contributed by atoms with Gasteiger partial charge in [0.1, 0.15) is 11.3 Å². The van der Waals surface area contributed by atoms with E-state index in [0.717, 1.165) is 10.9 Å². The molecular formula is C19H13NO4. The van der Waals surface area contributed by atoms with E-state index in [4.69, 9.17) is 13.6 Å². The smallest absolute Gasteiger partial charge is 0.336 e. The second-order valence-corrected chi connectivity index (χ2v) is 5.23. The van der Waals surface area contributed by atoms with Gasteiger partial charge in [-0.15, -0.1) is 0 Å². The molecule has 5 heteroatoms. The molecule has 0 radical (unpaired) electrons. The Morgan fingerprint density at radius 1 is 0.958 bits per heavy atom. The largest absolute Gasteiger partial charge is 0.484 e. The number of ether oxygens (including phenoxy) is 1. The summed E-state index contributed by atoms with van der Waals surface area (Å²) in [5.74, 6) is 1.75. The third-order valence-corrected chi connectivity index (χ3v) is 3.57. The van der Waals surface area contributed by atoms with Crippen LogP contribution in [0.1, 0.15) is 5.89 Å². The molecule has 118 valence electrons. The Kier molecular flexibility index (Phi) is 3.59. The van der Waals surface area contributed by atoms with E-state index in [2.05, 4.69) is 4.98 Å². The third kappa shape index (κ3) is 2.92. The normalized spacial score (nSPS) is 10.8. The maximum Gasteiger partial charge on any atom is 0.336 e. The number of fused-ring (bicyclic) bond motifs is 1. The van der Waals surface area contributed by atoms with Gasteiger partial charge in [-0.05, 0) is 18.2 Å². The zero-order chi connectivity index (χ0) is 16.4. The predicted octanol–water partition coefficient (Wildman–Crippen LogP) is 4.03. The summed E-state index contributed by atoms with van der Waals surface area (Å²) in [5, 5.41) is 0.837. The predicted molar refractivity (Wildman–Crippen MR) is 88.8 cm³/mol. The molecule has 2 aromatic carbocycles. The average Bonchev–Trinajstić information content (AvgIpc) is 3.09. The number of benzene rings is 2. The summed E-state index contributed by atoms with van der Waals surface area (Å²) >= 11 is 0. The molecule has 0 saturated heterocycles. The van der Waals surface area contributed by atoms with Gasteiger partial charge in [0.25, 0.3) is 0 Å². The zero-order valence-corrected chi connectivity index (χ0v) is 12.6. The van der Waals surface area contributed by atoms with Gasteiger partial charge in [0.15, 0.2) is 12.4 Å². The molecule has 0 N–H and O–H groups in total. The summed E-state index contributed by atoms with van der Waals surface area (Å²) in [6.07, 6.45) is 1.67. The summed E-state index contributed by atoms with van der Waals surface area (Å²) in [5.41, 5.74) is 1.06. The van der Waals surface area contributed by atoms with Gasteiger partial charge >= 0.3 is 5.63 Å². The van der Waals surface area contributed by atoms with Crippen LogP contribution in [0, 0.1) is 0 Å². The monoisotopic (exact) mass is 319 g/mol. The number of hydrogen-bond donors (Lipinski definition) is 0. The van der Waals surface area contributed by atoms with E-state index in [-0.39, 0.29) is 12.2 Å². The second-order valence-electron chi connectivity index (χ2n) is 5.23. The Balaban J connectivity index is 1.51. The van der Waals surface area contributed by atoms with Crippen molar-refractivity contribution in [1.82, 2.24) is 4.98 Å². The quantitative estimate of drug-likeness (QED) is 0.531. The molecule has 24 heavy (non-hydrogen) atoms. The molecule has 4 rings (SSSR count). The van der Waals surface area contributed by atoms with Crippen LogP contribution in [0.15, 0.2) is 80.5 Å². The molecule has 0 saturated carbocycles. The van der Waals surface area contributed by atoms with Crippen molar-refractivity contribution in [3.63, 3.8) is 0 Å². The topological polar surface area (TPSA) is 65.5 Å². The van der Waals surface area contributed by atoms with Gasteiger partial charge in [-0.3, -0.25) is 0 Å². The fraction of sp³-hybridized carbons (Fsp3) is 0.0526. The molecule has 0 aliphatic rings. The number of aromatic nitrogens is 1. The Morgan fingerprint density at radius 3 is 2.67 bits per heavy atom. The van der Waals surface area contributed by atoms with Gasteiger partial charge in [-0.1, -0.05) is 30.3 Å². The minimum Gasteiger partial charge on any atom is -0.484 e.